The first-order chi connectivity index (χ1) is 17.1. The van der Waals surface area contributed by atoms with Gasteiger partial charge in [-0.05, 0) is 43.5 Å². The Kier molecular flexibility index (Phi) is 8.15. The van der Waals surface area contributed by atoms with Crippen LogP contribution in [0.15, 0.2) is 36.9 Å². The van der Waals surface area contributed by atoms with Crippen LogP contribution in [0.4, 0.5) is 5.69 Å². The fourth-order valence-electron chi connectivity index (χ4n) is 6.05. The number of carbonyl (C=O) groups is 3. The van der Waals surface area contributed by atoms with Crippen molar-refractivity contribution < 1.29 is 24.2 Å². The molecule has 0 aliphatic carbocycles. The lowest BCUT2D eigenvalue weighted by atomic mass is 9.71. The Morgan fingerprint density at radius 3 is 2.61 bits per heavy atom. The number of aliphatic hydroxyl groups is 1. The number of ether oxygens (including phenoxy) is 1. The van der Waals surface area contributed by atoms with Crippen LogP contribution in [0.25, 0.3) is 0 Å². The molecule has 3 aliphatic rings. The van der Waals surface area contributed by atoms with Crippen molar-refractivity contribution in [2.75, 3.05) is 24.7 Å². The van der Waals surface area contributed by atoms with Gasteiger partial charge in [0.15, 0.2) is 0 Å². The summed E-state index contributed by atoms with van der Waals surface area (Å²) in [5.41, 5.74) is 0.636. The smallest absolute Gasteiger partial charge is 0.310 e. The largest absolute Gasteiger partial charge is 0.466 e. The van der Waals surface area contributed by atoms with E-state index in [9.17, 15) is 19.5 Å². The molecule has 2 amide bonds. The first-order valence-electron chi connectivity index (χ1n) is 12.2. The van der Waals surface area contributed by atoms with Crippen LogP contribution in [0.5, 0.6) is 0 Å². The molecule has 1 aromatic rings. The van der Waals surface area contributed by atoms with Gasteiger partial charge in [0, 0.05) is 27.3 Å². The molecule has 36 heavy (non-hydrogen) atoms. The Bertz CT molecular complexity index is 1040. The molecule has 3 unspecified atom stereocenters. The van der Waals surface area contributed by atoms with Crippen LogP contribution in [0.2, 0.25) is 5.02 Å². The molecule has 2 bridgehead atoms. The summed E-state index contributed by atoms with van der Waals surface area (Å²) >= 11 is 11.4. The van der Waals surface area contributed by atoms with E-state index in [0.29, 0.717) is 17.1 Å². The number of likely N-dealkylation sites (tertiary alicyclic amines) is 1. The minimum absolute atomic E-state index is 0.0498. The number of esters is 1. The number of hydrogen-bond donors (Lipinski definition) is 1. The van der Waals surface area contributed by atoms with Gasteiger partial charge in [-0.15, -0.1) is 18.3 Å². The Morgan fingerprint density at radius 2 is 2.06 bits per heavy atom. The van der Waals surface area contributed by atoms with E-state index in [2.05, 4.69) is 22.5 Å². The zero-order valence-electron chi connectivity index (χ0n) is 20.6. The first-order valence-corrected chi connectivity index (χ1v) is 14.4. The van der Waals surface area contributed by atoms with E-state index in [0.717, 1.165) is 0 Å². The van der Waals surface area contributed by atoms with Gasteiger partial charge in [-0.25, -0.2) is 0 Å². The fraction of sp³-hybridized carbons (Fsp3) is 0.577. The minimum atomic E-state index is -0.861. The van der Waals surface area contributed by atoms with E-state index >= 15 is 0 Å². The van der Waals surface area contributed by atoms with Gasteiger partial charge in [-0.2, -0.15) is 0 Å². The number of anilines is 1. The monoisotopic (exact) mass is 598 g/mol. The predicted molar refractivity (Wildman–Crippen MR) is 145 cm³/mol. The Hall–Kier alpha value is -1.55. The third kappa shape index (κ3) is 4.29. The van der Waals surface area contributed by atoms with Crippen molar-refractivity contribution >= 4 is 62.8 Å². The highest BCUT2D eigenvalue weighted by Gasteiger charge is 2.76. The predicted octanol–water partition coefficient (Wildman–Crippen LogP) is 3.90. The molecule has 1 aromatic carbocycles. The van der Waals surface area contributed by atoms with Crippen LogP contribution in [0.1, 0.15) is 27.2 Å². The van der Waals surface area contributed by atoms with Crippen molar-refractivity contribution in [2.24, 2.45) is 17.8 Å². The van der Waals surface area contributed by atoms with Gasteiger partial charge in [0.1, 0.15) is 6.04 Å². The molecule has 4 rings (SSSR count). The maximum Gasteiger partial charge on any atom is 0.310 e. The summed E-state index contributed by atoms with van der Waals surface area (Å²) < 4.78 is 4.58. The molecule has 196 valence electrons. The highest BCUT2D eigenvalue weighted by molar-refractivity contribution is 9.09. The van der Waals surface area contributed by atoms with Crippen LogP contribution >= 0.6 is 39.3 Å². The van der Waals surface area contributed by atoms with Crippen molar-refractivity contribution in [3.8, 4) is 0 Å². The maximum absolute atomic E-state index is 14.5. The summed E-state index contributed by atoms with van der Waals surface area (Å²) in [7, 11) is 0. The molecule has 0 radical (unpaired) electrons. The molecule has 7 atom stereocenters. The normalized spacial score (nSPS) is 31.5. The number of nitrogens with zero attached hydrogens (tertiary/aromatic N) is 2. The van der Waals surface area contributed by atoms with E-state index in [1.807, 2.05) is 13.8 Å². The molecule has 7 nitrogen and oxygen atoms in total. The molecule has 0 aromatic heterocycles. The quantitative estimate of drug-likeness (QED) is 0.263. The van der Waals surface area contributed by atoms with Crippen molar-refractivity contribution in [3.63, 3.8) is 0 Å². The number of halogens is 2. The molecular weight excluding hydrogens is 568 g/mol. The number of benzene rings is 1. The van der Waals surface area contributed by atoms with Gasteiger partial charge in [-0.3, -0.25) is 14.4 Å². The molecule has 3 aliphatic heterocycles. The number of hydrogen-bond acceptors (Lipinski definition) is 6. The number of fused-ring (bicyclic) bond motifs is 1. The summed E-state index contributed by atoms with van der Waals surface area (Å²) in [5.74, 6) is -2.38. The number of aliphatic hydroxyl groups excluding tert-OH is 1. The number of rotatable bonds is 9. The second-order valence-corrected chi connectivity index (χ2v) is 13.0. The minimum Gasteiger partial charge on any atom is -0.466 e. The lowest BCUT2D eigenvalue weighted by Gasteiger charge is -2.40. The van der Waals surface area contributed by atoms with Crippen LogP contribution in [-0.2, 0) is 19.1 Å². The van der Waals surface area contributed by atoms with Crippen molar-refractivity contribution in [1.29, 1.82) is 0 Å². The van der Waals surface area contributed by atoms with Gasteiger partial charge in [0.05, 0.1) is 35.8 Å². The average Bonchev–Trinajstić information content (AvgIpc) is 3.42. The molecule has 1 N–H and O–H groups in total. The van der Waals surface area contributed by atoms with Crippen molar-refractivity contribution in [2.45, 2.75) is 54.1 Å². The summed E-state index contributed by atoms with van der Waals surface area (Å²) in [4.78, 5) is 44.9. The standard InChI is InChI=1S/C26H32BrClN2O5S/c1-5-11-29(16-9-7-15(28)8-10-16)24(33)22-26-12-17(27)21(36-26)19(25(34)35-6-2)20(26)23(32)30(22)18(13-31)14(3)4/h5,7-10,14,17-22,31H,1,6,11-13H2,2-4H3/t17?,18-,19-,20-,21-,22?,26?/m0/s1. The second kappa shape index (κ2) is 10.7. The zero-order chi connectivity index (χ0) is 26.4. The molecule has 1 spiro atoms. The highest BCUT2D eigenvalue weighted by Crippen LogP contribution is 2.68. The van der Waals surface area contributed by atoms with Crippen molar-refractivity contribution in [3.05, 3.63) is 41.9 Å². The summed E-state index contributed by atoms with van der Waals surface area (Å²) in [6, 6.07) is 5.52. The number of carbonyl (C=O) groups excluding carboxylic acids is 3. The first kappa shape index (κ1) is 27.5. The highest BCUT2D eigenvalue weighted by atomic mass is 79.9. The fourth-order valence-corrected chi connectivity index (χ4v) is 9.76. The number of amides is 2. The van der Waals surface area contributed by atoms with Crippen molar-refractivity contribution in [1.82, 2.24) is 4.90 Å². The van der Waals surface area contributed by atoms with Gasteiger partial charge in [-0.1, -0.05) is 47.5 Å². The van der Waals surface area contributed by atoms with E-state index in [-0.39, 0.29) is 47.6 Å². The summed E-state index contributed by atoms with van der Waals surface area (Å²) in [6.07, 6.45) is 2.20. The van der Waals surface area contributed by atoms with Gasteiger partial charge >= 0.3 is 5.97 Å². The molecule has 3 heterocycles. The number of thioether (sulfide) groups is 1. The lowest BCUT2D eigenvalue weighted by Crippen LogP contribution is -2.59. The molecule has 10 heteroatoms. The third-order valence-electron chi connectivity index (χ3n) is 7.55. The molecule has 3 fully saturated rings. The van der Waals surface area contributed by atoms with Gasteiger partial charge < -0.3 is 19.6 Å². The van der Waals surface area contributed by atoms with Crippen LogP contribution in [0, 0.1) is 17.8 Å². The third-order valence-corrected chi connectivity index (χ3v) is 11.0. The number of alkyl halides is 1. The SMILES string of the molecule is C=CCN(C(=O)C1N([C@@H](CO)C(C)C)C(=O)[C@@H]2[C@H](C(=O)OCC)[C@H]3SC12CC3Br)c1ccc(Cl)cc1. The van der Waals surface area contributed by atoms with Crippen LogP contribution in [-0.4, -0.2) is 74.5 Å². The average molecular weight is 600 g/mol. The van der Waals surface area contributed by atoms with E-state index < -0.39 is 34.6 Å². The maximum atomic E-state index is 14.5. The zero-order valence-corrected chi connectivity index (χ0v) is 23.8. The van der Waals surface area contributed by atoms with Crippen LogP contribution in [0.3, 0.4) is 0 Å². The van der Waals surface area contributed by atoms with Gasteiger partial charge in [0.25, 0.3) is 5.91 Å². The Labute approximate surface area is 229 Å². The van der Waals surface area contributed by atoms with Gasteiger partial charge in [0.2, 0.25) is 5.91 Å². The molecule has 3 saturated heterocycles. The van der Waals surface area contributed by atoms with E-state index in [4.69, 9.17) is 16.3 Å². The molecular formula is C26H32BrClN2O5S. The second-order valence-electron chi connectivity index (χ2n) is 9.87. The Morgan fingerprint density at radius 1 is 1.39 bits per heavy atom. The van der Waals surface area contributed by atoms with E-state index in [1.54, 1.807) is 58.8 Å². The van der Waals surface area contributed by atoms with Crippen LogP contribution < -0.4 is 4.90 Å². The molecule has 0 saturated carbocycles. The topological polar surface area (TPSA) is 87.2 Å². The summed E-state index contributed by atoms with van der Waals surface area (Å²) in [5, 5.41) is 10.7. The van der Waals surface area contributed by atoms with E-state index in [1.165, 1.54) is 0 Å². The summed E-state index contributed by atoms with van der Waals surface area (Å²) in [6.45, 7) is 9.58. The Balaban J connectivity index is 1.85. The lowest BCUT2D eigenvalue weighted by molar-refractivity contribution is -0.154.